The molecule has 2 aromatic heterocycles. The van der Waals surface area contributed by atoms with Gasteiger partial charge < -0.3 is 4.90 Å². The molecule has 1 aromatic carbocycles. The molecular weight excluding hydrogens is 390 g/mol. The van der Waals surface area contributed by atoms with Gasteiger partial charge in [-0.1, -0.05) is 42.7 Å². The Kier molecular flexibility index (Phi) is 5.30. The standard InChI is InChI=1S/C24H27N5S/c1-2-29-16-21(15-26-29)23-22(20-8-6-17(14-25)7-9-20)27-24(30-23)28-12-10-18-4-3-5-19(18)11-13-28/h6-9,15-16,18-19H,2-5,10-13H2,1H3/t18-,19+. The Balaban J connectivity index is 1.51. The molecule has 3 heterocycles. The van der Waals surface area contributed by atoms with Gasteiger partial charge >= 0.3 is 0 Å². The molecule has 0 radical (unpaired) electrons. The predicted octanol–water partition coefficient (Wildman–Crippen LogP) is 5.58. The molecule has 6 heteroatoms. The number of rotatable bonds is 4. The first-order valence-corrected chi connectivity index (χ1v) is 11.9. The Morgan fingerprint density at radius 3 is 2.43 bits per heavy atom. The van der Waals surface area contributed by atoms with Crippen molar-refractivity contribution in [2.75, 3.05) is 18.0 Å². The molecule has 0 N–H and O–H groups in total. The topological polar surface area (TPSA) is 57.7 Å². The monoisotopic (exact) mass is 417 g/mol. The smallest absolute Gasteiger partial charge is 0.186 e. The number of aromatic nitrogens is 3. The number of nitrogens with zero attached hydrogens (tertiary/aromatic N) is 5. The number of benzene rings is 1. The van der Waals surface area contributed by atoms with Gasteiger partial charge in [-0.05, 0) is 43.7 Å². The van der Waals surface area contributed by atoms with E-state index in [1.807, 2.05) is 35.1 Å². The highest BCUT2D eigenvalue weighted by Gasteiger charge is 2.31. The summed E-state index contributed by atoms with van der Waals surface area (Å²) in [6.45, 7) is 5.17. The van der Waals surface area contributed by atoms with Crippen LogP contribution in [-0.2, 0) is 6.54 Å². The molecule has 2 aliphatic rings. The number of nitriles is 1. The number of thiazole rings is 1. The zero-order chi connectivity index (χ0) is 20.5. The molecule has 154 valence electrons. The summed E-state index contributed by atoms with van der Waals surface area (Å²) in [5.74, 6) is 1.82. The van der Waals surface area contributed by atoms with Gasteiger partial charge in [-0.15, -0.1) is 0 Å². The minimum Gasteiger partial charge on any atom is -0.348 e. The van der Waals surface area contributed by atoms with Crippen molar-refractivity contribution in [1.82, 2.24) is 14.8 Å². The maximum Gasteiger partial charge on any atom is 0.186 e. The molecule has 2 atom stereocenters. The van der Waals surface area contributed by atoms with E-state index in [4.69, 9.17) is 10.2 Å². The van der Waals surface area contributed by atoms with Crippen molar-refractivity contribution in [2.45, 2.75) is 45.6 Å². The van der Waals surface area contributed by atoms with Crippen molar-refractivity contribution in [3.8, 4) is 27.8 Å². The molecule has 1 aliphatic carbocycles. The van der Waals surface area contributed by atoms with Gasteiger partial charge in [-0.2, -0.15) is 10.4 Å². The quantitative estimate of drug-likeness (QED) is 0.556. The van der Waals surface area contributed by atoms with E-state index in [0.29, 0.717) is 5.56 Å². The fraction of sp³-hybridized carbons (Fsp3) is 0.458. The van der Waals surface area contributed by atoms with E-state index in [-0.39, 0.29) is 0 Å². The maximum absolute atomic E-state index is 9.15. The number of fused-ring (bicyclic) bond motifs is 1. The van der Waals surface area contributed by atoms with E-state index in [1.54, 1.807) is 11.3 Å². The second-order valence-electron chi connectivity index (χ2n) is 8.46. The Morgan fingerprint density at radius 2 is 1.80 bits per heavy atom. The second-order valence-corrected chi connectivity index (χ2v) is 9.44. The summed E-state index contributed by atoms with van der Waals surface area (Å²) in [5.41, 5.74) is 3.85. The molecule has 3 aromatic rings. The van der Waals surface area contributed by atoms with E-state index in [9.17, 15) is 0 Å². The van der Waals surface area contributed by atoms with Crippen LogP contribution in [0.1, 0.15) is 44.6 Å². The Bertz CT molecular complexity index is 1040. The van der Waals surface area contributed by atoms with Crippen LogP contribution in [0.15, 0.2) is 36.7 Å². The molecule has 5 nitrogen and oxygen atoms in total. The van der Waals surface area contributed by atoms with Crippen LogP contribution in [0.4, 0.5) is 5.13 Å². The molecule has 2 fully saturated rings. The third-order valence-corrected chi connectivity index (χ3v) is 7.91. The van der Waals surface area contributed by atoms with E-state index in [1.165, 1.54) is 37.0 Å². The van der Waals surface area contributed by atoms with Crippen molar-refractivity contribution < 1.29 is 0 Å². The Hall–Kier alpha value is -2.65. The summed E-state index contributed by atoms with van der Waals surface area (Å²) in [5, 5.41) is 14.8. The number of anilines is 1. The van der Waals surface area contributed by atoms with E-state index in [0.717, 1.165) is 53.4 Å². The van der Waals surface area contributed by atoms with Gasteiger partial charge in [0.05, 0.1) is 28.4 Å². The summed E-state index contributed by atoms with van der Waals surface area (Å²) < 4.78 is 1.96. The van der Waals surface area contributed by atoms with Crippen molar-refractivity contribution in [3.05, 3.63) is 42.2 Å². The molecule has 0 spiro atoms. The lowest BCUT2D eigenvalue weighted by Crippen LogP contribution is -2.24. The molecule has 1 saturated heterocycles. The molecule has 1 aliphatic heterocycles. The third kappa shape index (κ3) is 3.63. The third-order valence-electron chi connectivity index (χ3n) is 6.75. The largest absolute Gasteiger partial charge is 0.348 e. The predicted molar refractivity (Wildman–Crippen MR) is 121 cm³/mol. The van der Waals surface area contributed by atoms with Crippen molar-refractivity contribution in [1.29, 1.82) is 5.26 Å². The lowest BCUT2D eigenvalue weighted by molar-refractivity contribution is 0.378. The van der Waals surface area contributed by atoms with Gasteiger partial charge in [-0.25, -0.2) is 4.98 Å². The minimum absolute atomic E-state index is 0.675. The molecule has 5 rings (SSSR count). The number of hydrogen-bond acceptors (Lipinski definition) is 5. The minimum atomic E-state index is 0.675. The van der Waals surface area contributed by atoms with E-state index in [2.05, 4.69) is 29.2 Å². The highest BCUT2D eigenvalue weighted by Crippen LogP contribution is 2.43. The number of hydrogen-bond donors (Lipinski definition) is 0. The number of aryl methyl sites for hydroxylation is 1. The summed E-state index contributed by atoms with van der Waals surface area (Å²) in [6.07, 6.45) is 10.9. The van der Waals surface area contributed by atoms with Crippen molar-refractivity contribution in [3.63, 3.8) is 0 Å². The van der Waals surface area contributed by atoms with Gasteiger partial charge in [0.25, 0.3) is 0 Å². The molecule has 0 unspecified atom stereocenters. The van der Waals surface area contributed by atoms with Crippen LogP contribution in [0, 0.1) is 23.2 Å². The van der Waals surface area contributed by atoms with Crippen LogP contribution in [0.25, 0.3) is 21.7 Å². The Morgan fingerprint density at radius 1 is 1.07 bits per heavy atom. The van der Waals surface area contributed by atoms with Crippen LogP contribution in [0.3, 0.4) is 0 Å². The van der Waals surface area contributed by atoms with Gasteiger partial charge in [0.15, 0.2) is 5.13 Å². The lowest BCUT2D eigenvalue weighted by Gasteiger charge is -2.19. The molecule has 1 saturated carbocycles. The Labute approximate surface area is 182 Å². The first kappa shape index (κ1) is 19.3. The van der Waals surface area contributed by atoms with Crippen LogP contribution in [0.2, 0.25) is 0 Å². The highest BCUT2D eigenvalue weighted by atomic mass is 32.1. The first-order chi connectivity index (χ1) is 14.7. The summed E-state index contributed by atoms with van der Waals surface area (Å²) in [7, 11) is 0. The molecule has 0 amide bonds. The van der Waals surface area contributed by atoms with Crippen LogP contribution in [0.5, 0.6) is 0 Å². The fourth-order valence-corrected chi connectivity index (χ4v) is 6.13. The van der Waals surface area contributed by atoms with Gasteiger partial charge in [0, 0.05) is 37.0 Å². The van der Waals surface area contributed by atoms with Crippen LogP contribution >= 0.6 is 11.3 Å². The summed E-state index contributed by atoms with van der Waals surface area (Å²) >= 11 is 1.78. The second kappa shape index (κ2) is 8.23. The SMILES string of the molecule is CCn1cc(-c2sc(N3CC[C@H]4CCC[C@H]4CC3)nc2-c2ccc(C#N)cc2)cn1. The molecular formula is C24H27N5S. The van der Waals surface area contributed by atoms with Gasteiger partial charge in [-0.3, -0.25) is 4.68 Å². The average Bonchev–Trinajstić information content (AvgIpc) is 3.51. The van der Waals surface area contributed by atoms with Crippen molar-refractivity contribution >= 4 is 16.5 Å². The average molecular weight is 418 g/mol. The summed E-state index contributed by atoms with van der Waals surface area (Å²) in [4.78, 5) is 8.80. The van der Waals surface area contributed by atoms with Crippen LogP contribution in [-0.4, -0.2) is 27.9 Å². The fourth-order valence-electron chi connectivity index (χ4n) is 5.01. The first-order valence-electron chi connectivity index (χ1n) is 11.0. The van der Waals surface area contributed by atoms with E-state index >= 15 is 0 Å². The zero-order valence-electron chi connectivity index (χ0n) is 17.4. The van der Waals surface area contributed by atoms with E-state index < -0.39 is 0 Å². The van der Waals surface area contributed by atoms with Crippen LogP contribution < -0.4 is 4.90 Å². The van der Waals surface area contributed by atoms with Crippen molar-refractivity contribution in [2.24, 2.45) is 11.8 Å². The van der Waals surface area contributed by atoms with Gasteiger partial charge in [0.2, 0.25) is 0 Å². The molecule has 0 bridgehead atoms. The van der Waals surface area contributed by atoms with Gasteiger partial charge in [0.1, 0.15) is 0 Å². The summed E-state index contributed by atoms with van der Waals surface area (Å²) in [6, 6.07) is 9.98. The maximum atomic E-state index is 9.15. The zero-order valence-corrected chi connectivity index (χ0v) is 18.2. The highest BCUT2D eigenvalue weighted by molar-refractivity contribution is 7.19. The normalized spacial score (nSPS) is 21.3. The molecule has 30 heavy (non-hydrogen) atoms. The lowest BCUT2D eigenvalue weighted by atomic mass is 9.92.